The summed E-state index contributed by atoms with van der Waals surface area (Å²) in [5.41, 5.74) is 2.87. The highest BCUT2D eigenvalue weighted by Gasteiger charge is 2.74. The van der Waals surface area contributed by atoms with E-state index in [0.717, 1.165) is 47.0 Å². The molecule has 202 valence electrons. The zero-order valence-corrected chi connectivity index (χ0v) is 22.4. The Morgan fingerprint density at radius 2 is 1.90 bits per heavy atom. The van der Waals surface area contributed by atoms with Gasteiger partial charge < -0.3 is 5.32 Å². The van der Waals surface area contributed by atoms with Crippen LogP contribution in [0.1, 0.15) is 30.4 Å². The normalized spacial score (nSPS) is 25.0. The van der Waals surface area contributed by atoms with Gasteiger partial charge in [-0.1, -0.05) is 0 Å². The van der Waals surface area contributed by atoms with Gasteiger partial charge in [0.25, 0.3) is 10.0 Å². The summed E-state index contributed by atoms with van der Waals surface area (Å²) in [6.07, 6.45) is 6.09. The molecule has 0 spiro atoms. The van der Waals surface area contributed by atoms with Crippen molar-refractivity contribution in [1.29, 1.82) is 0 Å². The molecule has 3 unspecified atom stereocenters. The third-order valence-electron chi connectivity index (χ3n) is 8.75. The van der Waals surface area contributed by atoms with Crippen LogP contribution in [-0.2, 0) is 27.3 Å². The first-order valence-electron chi connectivity index (χ1n) is 13.1. The number of benzene rings is 2. The molecular formula is C27H28FN7O3S. The Labute approximate surface area is 224 Å². The summed E-state index contributed by atoms with van der Waals surface area (Å²) in [5.74, 6) is -0.772. The number of sulfonamides is 1. The quantitative estimate of drug-likeness (QED) is 0.395. The summed E-state index contributed by atoms with van der Waals surface area (Å²) in [6.45, 7) is 2.42. The van der Waals surface area contributed by atoms with Gasteiger partial charge in [0.2, 0.25) is 10.9 Å². The fourth-order valence-electron chi connectivity index (χ4n) is 6.52. The van der Waals surface area contributed by atoms with Crippen molar-refractivity contribution >= 4 is 26.8 Å². The minimum atomic E-state index is -3.86. The second kappa shape index (κ2) is 8.43. The molecule has 39 heavy (non-hydrogen) atoms. The van der Waals surface area contributed by atoms with Crippen molar-refractivity contribution in [2.24, 2.45) is 18.9 Å². The number of hydrogen-bond donors (Lipinski definition) is 1. The molecule has 0 radical (unpaired) electrons. The van der Waals surface area contributed by atoms with E-state index in [-0.39, 0.29) is 47.7 Å². The number of aryl methyl sites for hydroxylation is 2. The predicted octanol–water partition coefficient (Wildman–Crippen LogP) is 2.46. The minimum absolute atomic E-state index is 0.00255. The number of fused-ring (bicyclic) bond motifs is 2. The Morgan fingerprint density at radius 1 is 1.13 bits per heavy atom. The molecule has 1 N–H and O–H groups in total. The number of carbonyl (C=O) groups excluding carboxylic acids is 1. The monoisotopic (exact) mass is 549 g/mol. The molecule has 3 atom stereocenters. The lowest BCUT2D eigenvalue weighted by molar-refractivity contribution is -0.124. The third-order valence-corrected chi connectivity index (χ3v) is 10.4. The lowest BCUT2D eigenvalue weighted by Crippen LogP contribution is -2.44. The molecule has 7 rings (SSSR count). The molecular weight excluding hydrogens is 521 g/mol. The second-order valence-corrected chi connectivity index (χ2v) is 12.9. The number of nitrogens with zero attached hydrogens (tertiary/aromatic N) is 6. The molecule has 1 aliphatic heterocycles. The van der Waals surface area contributed by atoms with Crippen molar-refractivity contribution in [3.05, 3.63) is 65.7 Å². The molecule has 3 fully saturated rings. The molecule has 4 aromatic rings. The third kappa shape index (κ3) is 3.64. The van der Waals surface area contributed by atoms with E-state index >= 15 is 0 Å². The van der Waals surface area contributed by atoms with Gasteiger partial charge in [-0.2, -0.15) is 19.3 Å². The van der Waals surface area contributed by atoms with Gasteiger partial charge in [0.15, 0.2) is 0 Å². The molecule has 1 amide bonds. The Bertz CT molecular complexity index is 1730. The molecule has 2 saturated carbocycles. The highest BCUT2D eigenvalue weighted by molar-refractivity contribution is 7.89. The van der Waals surface area contributed by atoms with Crippen molar-refractivity contribution < 1.29 is 17.6 Å². The maximum Gasteiger partial charge on any atom is 0.264 e. The van der Waals surface area contributed by atoms with Gasteiger partial charge in [-0.3, -0.25) is 4.79 Å². The van der Waals surface area contributed by atoms with Crippen molar-refractivity contribution in [3.8, 4) is 5.69 Å². The number of hydrogen-bond acceptors (Lipinski definition) is 6. The van der Waals surface area contributed by atoms with E-state index in [4.69, 9.17) is 0 Å². The maximum atomic E-state index is 13.5. The molecule has 2 aromatic heterocycles. The van der Waals surface area contributed by atoms with E-state index < -0.39 is 15.4 Å². The van der Waals surface area contributed by atoms with Crippen LogP contribution in [0.2, 0.25) is 0 Å². The van der Waals surface area contributed by atoms with Crippen LogP contribution in [0.5, 0.6) is 0 Å². The number of halogens is 1. The first kappa shape index (κ1) is 24.4. The maximum absolute atomic E-state index is 13.5. The Morgan fingerprint density at radius 3 is 2.56 bits per heavy atom. The second-order valence-electron chi connectivity index (χ2n) is 11.0. The van der Waals surface area contributed by atoms with Crippen LogP contribution in [-0.4, -0.2) is 62.5 Å². The number of rotatable bonds is 6. The Kier molecular flexibility index (Phi) is 5.27. The van der Waals surface area contributed by atoms with Crippen LogP contribution in [0.4, 0.5) is 4.39 Å². The van der Waals surface area contributed by atoms with Crippen molar-refractivity contribution in [1.82, 2.24) is 34.4 Å². The van der Waals surface area contributed by atoms with Crippen LogP contribution >= 0.6 is 0 Å². The number of nitrogens with one attached hydrogen (secondary N) is 1. The highest BCUT2D eigenvalue weighted by Crippen LogP contribution is 2.65. The Hall–Kier alpha value is -3.64. The number of piperidine rings is 1. The molecule has 2 aromatic carbocycles. The van der Waals surface area contributed by atoms with Gasteiger partial charge in [0.05, 0.1) is 29.5 Å². The van der Waals surface area contributed by atoms with E-state index in [1.54, 1.807) is 30.1 Å². The van der Waals surface area contributed by atoms with Crippen LogP contribution < -0.4 is 5.32 Å². The highest BCUT2D eigenvalue weighted by atomic mass is 32.2. The fraction of sp³-hybridized carbons (Fsp3) is 0.407. The van der Waals surface area contributed by atoms with Crippen LogP contribution in [0.15, 0.2) is 53.8 Å². The molecule has 12 heteroatoms. The molecule has 0 bridgehead atoms. The molecule has 1 saturated heterocycles. The standard InChI is InChI=1S/C27H28FN7O3S/c1-16-10-23-17(12-30-35(23)20-8-6-18(28)7-9-20)11-21(16)27-15-34(39(37,38)24-13-29-33(2)32-24)14-22(27)25(27)26(36)31-19-4-3-5-19/h6-13,19,22,25H,3-5,14-15H2,1-2H3,(H,31,36). The zero-order chi connectivity index (χ0) is 27.1. The first-order valence-corrected chi connectivity index (χ1v) is 14.5. The summed E-state index contributed by atoms with van der Waals surface area (Å²) in [7, 11) is -2.29. The van der Waals surface area contributed by atoms with E-state index in [0.29, 0.717) is 0 Å². The van der Waals surface area contributed by atoms with E-state index in [9.17, 15) is 17.6 Å². The lowest BCUT2D eigenvalue weighted by atomic mass is 9.87. The molecule has 3 heterocycles. The largest absolute Gasteiger partial charge is 0.353 e. The summed E-state index contributed by atoms with van der Waals surface area (Å²) >= 11 is 0. The van der Waals surface area contributed by atoms with Crippen molar-refractivity contribution in [2.75, 3.05) is 13.1 Å². The van der Waals surface area contributed by atoms with Crippen LogP contribution in [0.25, 0.3) is 16.6 Å². The fourth-order valence-corrected chi connectivity index (χ4v) is 7.93. The van der Waals surface area contributed by atoms with E-state index in [1.807, 2.05) is 19.1 Å². The molecule has 2 aliphatic carbocycles. The number of amides is 1. The van der Waals surface area contributed by atoms with Gasteiger partial charge in [0, 0.05) is 37.0 Å². The van der Waals surface area contributed by atoms with Crippen LogP contribution in [0.3, 0.4) is 0 Å². The predicted molar refractivity (Wildman–Crippen MR) is 140 cm³/mol. The van der Waals surface area contributed by atoms with Gasteiger partial charge in [-0.05, 0) is 79.6 Å². The zero-order valence-electron chi connectivity index (χ0n) is 21.6. The summed E-state index contributed by atoms with van der Waals surface area (Å²) in [6, 6.07) is 10.4. The number of aromatic nitrogens is 5. The topological polar surface area (TPSA) is 115 Å². The average Bonchev–Trinajstić information content (AvgIpc) is 3.31. The molecule has 3 aliphatic rings. The van der Waals surface area contributed by atoms with Gasteiger partial charge in [-0.25, -0.2) is 17.5 Å². The average molecular weight is 550 g/mol. The summed E-state index contributed by atoms with van der Waals surface area (Å²) in [4.78, 5) is 14.7. The summed E-state index contributed by atoms with van der Waals surface area (Å²) < 4.78 is 43.6. The van der Waals surface area contributed by atoms with E-state index in [1.165, 1.54) is 27.4 Å². The Balaban J connectivity index is 1.28. The van der Waals surface area contributed by atoms with Gasteiger partial charge >= 0.3 is 0 Å². The first-order chi connectivity index (χ1) is 18.7. The minimum Gasteiger partial charge on any atom is -0.353 e. The van der Waals surface area contributed by atoms with Crippen molar-refractivity contribution in [3.63, 3.8) is 0 Å². The van der Waals surface area contributed by atoms with Gasteiger partial charge in [-0.15, -0.1) is 5.10 Å². The van der Waals surface area contributed by atoms with Gasteiger partial charge in [0.1, 0.15) is 5.82 Å². The van der Waals surface area contributed by atoms with Crippen molar-refractivity contribution in [2.45, 2.75) is 42.7 Å². The SMILES string of the molecule is Cc1cc2c(cnn2-c2ccc(F)cc2)cc1C12CN(S(=O)(=O)c3cnn(C)n3)CC1C2C(=O)NC1CCC1. The smallest absolute Gasteiger partial charge is 0.264 e. The van der Waals surface area contributed by atoms with E-state index in [2.05, 4.69) is 20.6 Å². The molecule has 10 nitrogen and oxygen atoms in total. The van der Waals surface area contributed by atoms with Crippen LogP contribution in [0, 0.1) is 24.6 Å². The lowest BCUT2D eigenvalue weighted by Gasteiger charge is -2.28. The summed E-state index contributed by atoms with van der Waals surface area (Å²) in [5, 5.41) is 16.5. The number of carbonyl (C=O) groups is 1.